The molecular formula is C23H22ClN3O2S. The first kappa shape index (κ1) is 20.6. The standard InChI is InChI=1S/C23H22ClN3O2S/c1-3-20-25-14(2)22(30-20)23(29)26-18-9-10-19-16(12-18)6-11-21(28)27(19)13-15-4-7-17(24)8-5-15/h4-5,7-10,12H,3,6,11,13H2,1-2H3,(H,26,29). The molecule has 0 fully saturated rings. The van der Waals surface area contributed by atoms with E-state index in [1.54, 1.807) is 4.90 Å². The van der Waals surface area contributed by atoms with Gasteiger partial charge in [-0.1, -0.05) is 30.7 Å². The third-order valence-corrected chi connectivity index (χ3v) is 6.69. The highest BCUT2D eigenvalue weighted by atomic mass is 35.5. The van der Waals surface area contributed by atoms with Crippen LogP contribution in [0.5, 0.6) is 0 Å². The number of hydrogen-bond donors (Lipinski definition) is 1. The molecule has 0 bridgehead atoms. The van der Waals surface area contributed by atoms with Gasteiger partial charge in [-0.05, 0) is 61.2 Å². The van der Waals surface area contributed by atoms with Crippen molar-refractivity contribution < 1.29 is 9.59 Å². The lowest BCUT2D eigenvalue weighted by atomic mass is 9.99. The molecule has 7 heteroatoms. The number of anilines is 2. The van der Waals surface area contributed by atoms with Crippen molar-refractivity contribution in [3.8, 4) is 0 Å². The number of fused-ring (bicyclic) bond motifs is 1. The molecule has 5 nitrogen and oxygen atoms in total. The van der Waals surface area contributed by atoms with Gasteiger partial charge in [-0.25, -0.2) is 4.98 Å². The summed E-state index contributed by atoms with van der Waals surface area (Å²) in [5.41, 5.74) is 4.45. The molecule has 1 N–H and O–H groups in total. The first-order valence-corrected chi connectivity index (χ1v) is 11.1. The van der Waals surface area contributed by atoms with E-state index in [4.69, 9.17) is 11.6 Å². The smallest absolute Gasteiger partial charge is 0.267 e. The van der Waals surface area contributed by atoms with Crippen molar-refractivity contribution in [3.05, 3.63) is 74.2 Å². The molecule has 30 heavy (non-hydrogen) atoms. The summed E-state index contributed by atoms with van der Waals surface area (Å²) in [6.45, 7) is 4.38. The Morgan fingerprint density at radius 3 is 2.67 bits per heavy atom. The van der Waals surface area contributed by atoms with Crippen molar-refractivity contribution >= 4 is 46.1 Å². The van der Waals surface area contributed by atoms with Crippen LogP contribution < -0.4 is 10.2 Å². The van der Waals surface area contributed by atoms with E-state index in [1.165, 1.54) is 11.3 Å². The molecule has 0 unspecified atom stereocenters. The Bertz CT molecular complexity index is 1110. The number of aryl methyl sites for hydroxylation is 3. The van der Waals surface area contributed by atoms with Gasteiger partial charge >= 0.3 is 0 Å². The summed E-state index contributed by atoms with van der Waals surface area (Å²) in [6.07, 6.45) is 1.93. The molecule has 4 rings (SSSR count). The van der Waals surface area contributed by atoms with Crippen molar-refractivity contribution in [2.24, 2.45) is 0 Å². The second-order valence-electron chi connectivity index (χ2n) is 7.28. The molecule has 0 spiro atoms. The highest BCUT2D eigenvalue weighted by Gasteiger charge is 2.25. The highest BCUT2D eigenvalue weighted by molar-refractivity contribution is 7.13. The third kappa shape index (κ3) is 4.25. The normalized spacial score (nSPS) is 13.3. The van der Waals surface area contributed by atoms with Gasteiger partial charge in [0.25, 0.3) is 5.91 Å². The zero-order valence-electron chi connectivity index (χ0n) is 16.9. The minimum atomic E-state index is -0.144. The van der Waals surface area contributed by atoms with Crippen LogP contribution in [0.4, 0.5) is 11.4 Å². The number of thiazole rings is 1. The molecule has 2 heterocycles. The van der Waals surface area contributed by atoms with Crippen molar-refractivity contribution in [2.75, 3.05) is 10.2 Å². The molecule has 1 aromatic heterocycles. The third-order valence-electron chi connectivity index (χ3n) is 5.14. The molecule has 1 aliphatic heterocycles. The molecule has 3 aromatic rings. The lowest BCUT2D eigenvalue weighted by molar-refractivity contribution is -0.119. The van der Waals surface area contributed by atoms with E-state index in [2.05, 4.69) is 10.3 Å². The fraction of sp³-hybridized carbons (Fsp3) is 0.261. The molecule has 0 radical (unpaired) electrons. The van der Waals surface area contributed by atoms with Crippen LogP contribution in [0.1, 0.15) is 44.8 Å². The minimum Gasteiger partial charge on any atom is -0.321 e. The fourth-order valence-corrected chi connectivity index (χ4v) is 4.61. The first-order valence-electron chi connectivity index (χ1n) is 9.90. The number of benzene rings is 2. The molecular weight excluding hydrogens is 418 g/mol. The van der Waals surface area contributed by atoms with Gasteiger partial charge in [-0.3, -0.25) is 9.59 Å². The number of amides is 2. The van der Waals surface area contributed by atoms with E-state index in [0.29, 0.717) is 29.3 Å². The SMILES string of the molecule is CCc1nc(C)c(C(=O)Nc2ccc3c(c2)CCC(=O)N3Cc2ccc(Cl)cc2)s1. The monoisotopic (exact) mass is 439 g/mol. The summed E-state index contributed by atoms with van der Waals surface area (Å²) in [7, 11) is 0. The average Bonchev–Trinajstić information content (AvgIpc) is 3.12. The largest absolute Gasteiger partial charge is 0.321 e. The maximum atomic E-state index is 12.7. The Kier molecular flexibility index (Phi) is 5.88. The summed E-state index contributed by atoms with van der Waals surface area (Å²) in [6, 6.07) is 13.2. The van der Waals surface area contributed by atoms with Gasteiger partial charge in [0.15, 0.2) is 0 Å². The van der Waals surface area contributed by atoms with E-state index >= 15 is 0 Å². The fourth-order valence-electron chi connectivity index (χ4n) is 3.59. The number of carbonyl (C=O) groups excluding carboxylic acids is 2. The highest BCUT2D eigenvalue weighted by Crippen LogP contribution is 2.32. The number of nitrogens with one attached hydrogen (secondary N) is 1. The summed E-state index contributed by atoms with van der Waals surface area (Å²) >= 11 is 7.40. The van der Waals surface area contributed by atoms with Crippen LogP contribution in [-0.4, -0.2) is 16.8 Å². The van der Waals surface area contributed by atoms with Crippen molar-refractivity contribution in [2.45, 2.75) is 39.7 Å². The molecule has 0 atom stereocenters. The number of nitrogens with zero attached hydrogens (tertiary/aromatic N) is 2. The number of hydrogen-bond acceptors (Lipinski definition) is 4. The van der Waals surface area contributed by atoms with Crippen LogP contribution in [-0.2, 0) is 24.2 Å². The van der Waals surface area contributed by atoms with Crippen LogP contribution in [0.3, 0.4) is 0 Å². The zero-order valence-corrected chi connectivity index (χ0v) is 18.4. The first-order chi connectivity index (χ1) is 14.4. The molecule has 0 aliphatic carbocycles. The topological polar surface area (TPSA) is 62.3 Å². The Morgan fingerprint density at radius 1 is 1.20 bits per heavy atom. The van der Waals surface area contributed by atoms with Gasteiger partial charge in [-0.15, -0.1) is 11.3 Å². The van der Waals surface area contributed by atoms with Crippen molar-refractivity contribution in [1.29, 1.82) is 0 Å². The van der Waals surface area contributed by atoms with Crippen LogP contribution in [0.25, 0.3) is 0 Å². The molecule has 2 aromatic carbocycles. The van der Waals surface area contributed by atoms with Crippen LogP contribution in [0, 0.1) is 6.92 Å². The van der Waals surface area contributed by atoms with Gasteiger partial charge in [0.1, 0.15) is 4.88 Å². The number of halogens is 1. The predicted molar refractivity (Wildman–Crippen MR) is 122 cm³/mol. The summed E-state index contributed by atoms with van der Waals surface area (Å²) in [5, 5.41) is 4.61. The van der Waals surface area contributed by atoms with Crippen LogP contribution in [0.2, 0.25) is 5.02 Å². The lowest BCUT2D eigenvalue weighted by Crippen LogP contribution is -2.34. The second-order valence-corrected chi connectivity index (χ2v) is 8.80. The number of aromatic nitrogens is 1. The summed E-state index contributed by atoms with van der Waals surface area (Å²) in [4.78, 5) is 32.1. The number of carbonyl (C=O) groups is 2. The van der Waals surface area contributed by atoms with Gasteiger partial charge in [0, 0.05) is 22.8 Å². The average molecular weight is 440 g/mol. The quantitative estimate of drug-likeness (QED) is 0.579. The molecule has 0 saturated heterocycles. The summed E-state index contributed by atoms with van der Waals surface area (Å²) < 4.78 is 0. The van der Waals surface area contributed by atoms with E-state index in [1.807, 2.05) is 56.3 Å². The van der Waals surface area contributed by atoms with Crippen LogP contribution in [0.15, 0.2) is 42.5 Å². The van der Waals surface area contributed by atoms with Crippen molar-refractivity contribution in [1.82, 2.24) is 4.98 Å². The maximum absolute atomic E-state index is 12.7. The Balaban J connectivity index is 1.55. The maximum Gasteiger partial charge on any atom is 0.267 e. The van der Waals surface area contributed by atoms with Crippen molar-refractivity contribution in [3.63, 3.8) is 0 Å². The Morgan fingerprint density at radius 2 is 1.97 bits per heavy atom. The molecule has 2 amide bonds. The van der Waals surface area contributed by atoms with E-state index in [9.17, 15) is 9.59 Å². The minimum absolute atomic E-state index is 0.0987. The Hall–Kier alpha value is -2.70. The van der Waals surface area contributed by atoms with E-state index in [-0.39, 0.29) is 11.8 Å². The van der Waals surface area contributed by atoms with Gasteiger partial charge < -0.3 is 10.2 Å². The second kappa shape index (κ2) is 8.58. The van der Waals surface area contributed by atoms with E-state index in [0.717, 1.165) is 39.6 Å². The molecule has 0 saturated carbocycles. The zero-order chi connectivity index (χ0) is 21.3. The lowest BCUT2D eigenvalue weighted by Gasteiger charge is -2.30. The van der Waals surface area contributed by atoms with Gasteiger partial charge in [0.2, 0.25) is 5.91 Å². The van der Waals surface area contributed by atoms with Crippen LogP contribution >= 0.6 is 22.9 Å². The Labute approximate surface area is 184 Å². The van der Waals surface area contributed by atoms with Gasteiger partial charge in [-0.2, -0.15) is 0 Å². The van der Waals surface area contributed by atoms with Gasteiger partial charge in [0.05, 0.1) is 17.2 Å². The number of rotatable bonds is 5. The molecule has 154 valence electrons. The summed E-state index contributed by atoms with van der Waals surface area (Å²) in [5.74, 6) is -0.0452. The molecule has 1 aliphatic rings. The van der Waals surface area contributed by atoms with E-state index < -0.39 is 0 Å². The predicted octanol–water partition coefficient (Wildman–Crippen LogP) is 5.40.